The summed E-state index contributed by atoms with van der Waals surface area (Å²) in [6.07, 6.45) is 4.14. The van der Waals surface area contributed by atoms with Gasteiger partial charge >= 0.3 is 0 Å². The number of nitrogens with zero attached hydrogens (tertiary/aromatic N) is 4. The number of anilines is 3. The fraction of sp³-hybridized carbons (Fsp3) is 0.417. The molecule has 2 heterocycles. The molecule has 0 fully saturated rings. The number of hydrogen-bond acceptors (Lipinski definition) is 6. The predicted molar refractivity (Wildman–Crippen MR) is 73.5 cm³/mol. The molecule has 0 unspecified atom stereocenters. The Morgan fingerprint density at radius 1 is 1.37 bits per heavy atom. The minimum absolute atomic E-state index is 0.391. The second-order valence-corrected chi connectivity index (χ2v) is 4.02. The highest BCUT2D eigenvalue weighted by Gasteiger charge is 2.12. The van der Waals surface area contributed by atoms with Crippen molar-refractivity contribution in [1.82, 2.24) is 19.7 Å². The van der Waals surface area contributed by atoms with Crippen molar-refractivity contribution in [3.8, 4) is 5.88 Å². The van der Waals surface area contributed by atoms with Gasteiger partial charge in [-0.1, -0.05) is 6.92 Å². The standard InChI is InChI=1S/C12H18N6O/c1-4-8-9(6-18(3)17-8)16-11-10(13)12(19-5-2)15-7-14-11/h6-7H,4-5,13H2,1-3H3,(H,14,15,16). The van der Waals surface area contributed by atoms with Crippen LogP contribution in [-0.4, -0.2) is 26.4 Å². The fourth-order valence-electron chi connectivity index (χ4n) is 1.76. The van der Waals surface area contributed by atoms with E-state index in [1.165, 1.54) is 6.33 Å². The number of nitrogens with one attached hydrogen (secondary N) is 1. The van der Waals surface area contributed by atoms with Gasteiger partial charge in [0.25, 0.3) is 0 Å². The second-order valence-electron chi connectivity index (χ2n) is 4.02. The minimum Gasteiger partial charge on any atom is -0.476 e. The molecule has 2 aromatic rings. The topological polar surface area (TPSA) is 90.9 Å². The van der Waals surface area contributed by atoms with E-state index in [1.807, 2.05) is 27.1 Å². The molecule has 0 aliphatic heterocycles. The molecule has 0 saturated carbocycles. The quantitative estimate of drug-likeness (QED) is 0.848. The second kappa shape index (κ2) is 5.55. The zero-order valence-corrected chi connectivity index (χ0v) is 11.3. The first-order chi connectivity index (χ1) is 9.15. The summed E-state index contributed by atoms with van der Waals surface area (Å²) in [7, 11) is 1.87. The van der Waals surface area contributed by atoms with Gasteiger partial charge in [0.15, 0.2) is 5.82 Å². The first-order valence-electron chi connectivity index (χ1n) is 6.18. The van der Waals surface area contributed by atoms with Gasteiger partial charge in [0.05, 0.1) is 18.0 Å². The number of rotatable bonds is 5. The van der Waals surface area contributed by atoms with Crippen molar-refractivity contribution in [1.29, 1.82) is 0 Å². The van der Waals surface area contributed by atoms with Crippen LogP contribution < -0.4 is 15.8 Å². The van der Waals surface area contributed by atoms with Gasteiger partial charge in [0.2, 0.25) is 5.88 Å². The maximum atomic E-state index is 5.98. The van der Waals surface area contributed by atoms with Crippen LogP contribution >= 0.6 is 0 Å². The average Bonchev–Trinajstić information content (AvgIpc) is 2.75. The molecule has 7 heteroatoms. The number of aromatic nitrogens is 4. The van der Waals surface area contributed by atoms with Crippen molar-refractivity contribution in [2.75, 3.05) is 17.7 Å². The molecule has 0 aliphatic rings. The summed E-state index contributed by atoms with van der Waals surface area (Å²) in [6, 6.07) is 0. The predicted octanol–water partition coefficient (Wildman–Crippen LogP) is 1.50. The van der Waals surface area contributed by atoms with Crippen LogP contribution in [0.1, 0.15) is 19.5 Å². The summed E-state index contributed by atoms with van der Waals surface area (Å²) >= 11 is 0. The van der Waals surface area contributed by atoms with Gasteiger partial charge in [-0.05, 0) is 13.3 Å². The highest BCUT2D eigenvalue weighted by atomic mass is 16.5. The van der Waals surface area contributed by atoms with E-state index in [9.17, 15) is 0 Å². The Labute approximate surface area is 111 Å². The average molecular weight is 262 g/mol. The van der Waals surface area contributed by atoms with Crippen LogP contribution in [0.3, 0.4) is 0 Å². The van der Waals surface area contributed by atoms with Crippen LogP contribution in [-0.2, 0) is 13.5 Å². The lowest BCUT2D eigenvalue weighted by Crippen LogP contribution is -2.05. The van der Waals surface area contributed by atoms with Gasteiger partial charge in [0, 0.05) is 13.2 Å². The Morgan fingerprint density at radius 3 is 2.84 bits per heavy atom. The molecule has 102 valence electrons. The minimum atomic E-state index is 0.391. The van der Waals surface area contributed by atoms with Crippen molar-refractivity contribution in [3.63, 3.8) is 0 Å². The van der Waals surface area contributed by atoms with E-state index in [1.54, 1.807) is 4.68 Å². The Balaban J connectivity index is 2.30. The Hall–Kier alpha value is -2.31. The van der Waals surface area contributed by atoms with Crippen LogP contribution in [0.4, 0.5) is 17.2 Å². The van der Waals surface area contributed by atoms with Gasteiger partial charge < -0.3 is 15.8 Å². The van der Waals surface area contributed by atoms with Gasteiger partial charge in [-0.2, -0.15) is 10.1 Å². The zero-order valence-electron chi connectivity index (χ0n) is 11.3. The van der Waals surface area contributed by atoms with E-state index < -0.39 is 0 Å². The van der Waals surface area contributed by atoms with Crippen molar-refractivity contribution in [3.05, 3.63) is 18.2 Å². The van der Waals surface area contributed by atoms with E-state index in [-0.39, 0.29) is 0 Å². The van der Waals surface area contributed by atoms with E-state index >= 15 is 0 Å². The molecule has 0 atom stereocenters. The maximum Gasteiger partial charge on any atom is 0.242 e. The normalized spacial score (nSPS) is 10.5. The van der Waals surface area contributed by atoms with Crippen molar-refractivity contribution in [2.24, 2.45) is 7.05 Å². The smallest absolute Gasteiger partial charge is 0.242 e. The SMILES string of the molecule is CCOc1ncnc(Nc2cn(C)nc2CC)c1N. The van der Waals surface area contributed by atoms with E-state index in [2.05, 4.69) is 20.4 Å². The molecule has 0 radical (unpaired) electrons. The molecule has 19 heavy (non-hydrogen) atoms. The molecular formula is C12H18N6O. The summed E-state index contributed by atoms with van der Waals surface area (Å²) in [4.78, 5) is 8.14. The number of aryl methyl sites for hydroxylation is 2. The summed E-state index contributed by atoms with van der Waals surface area (Å²) in [5, 5.41) is 7.52. The van der Waals surface area contributed by atoms with Gasteiger partial charge in [-0.25, -0.2) is 4.98 Å². The zero-order chi connectivity index (χ0) is 13.8. The van der Waals surface area contributed by atoms with E-state index in [0.717, 1.165) is 17.8 Å². The summed E-state index contributed by atoms with van der Waals surface area (Å²) in [5.74, 6) is 0.920. The summed E-state index contributed by atoms with van der Waals surface area (Å²) < 4.78 is 7.09. The van der Waals surface area contributed by atoms with Crippen LogP contribution in [0.2, 0.25) is 0 Å². The maximum absolute atomic E-state index is 5.98. The first kappa shape index (κ1) is 13.1. The molecule has 2 rings (SSSR count). The van der Waals surface area contributed by atoms with Crippen molar-refractivity contribution >= 4 is 17.2 Å². The molecule has 0 spiro atoms. The Morgan fingerprint density at radius 2 is 2.16 bits per heavy atom. The monoisotopic (exact) mass is 262 g/mol. The molecule has 0 bridgehead atoms. The van der Waals surface area contributed by atoms with Crippen LogP contribution in [0.5, 0.6) is 5.88 Å². The van der Waals surface area contributed by atoms with Crippen LogP contribution in [0.15, 0.2) is 12.5 Å². The summed E-state index contributed by atoms with van der Waals surface area (Å²) in [5.41, 5.74) is 8.22. The lowest BCUT2D eigenvalue weighted by molar-refractivity contribution is 0.328. The van der Waals surface area contributed by atoms with Crippen molar-refractivity contribution < 1.29 is 4.74 Å². The molecule has 2 aromatic heterocycles. The largest absolute Gasteiger partial charge is 0.476 e. The Bertz CT molecular complexity index is 565. The molecule has 0 amide bonds. The number of nitrogens with two attached hydrogens (primary N) is 1. The van der Waals surface area contributed by atoms with E-state index in [4.69, 9.17) is 10.5 Å². The Kier molecular flexibility index (Phi) is 3.84. The summed E-state index contributed by atoms with van der Waals surface area (Å²) in [6.45, 7) is 4.43. The fourth-order valence-corrected chi connectivity index (χ4v) is 1.76. The van der Waals surface area contributed by atoms with Crippen LogP contribution in [0, 0.1) is 0 Å². The molecular weight excluding hydrogens is 244 g/mol. The molecule has 0 saturated heterocycles. The van der Waals surface area contributed by atoms with E-state index in [0.29, 0.717) is 24.0 Å². The highest BCUT2D eigenvalue weighted by molar-refractivity contribution is 5.72. The lowest BCUT2D eigenvalue weighted by atomic mass is 10.3. The number of ether oxygens (including phenoxy) is 1. The molecule has 0 aromatic carbocycles. The molecule has 0 aliphatic carbocycles. The van der Waals surface area contributed by atoms with Gasteiger partial charge in [-0.3, -0.25) is 4.68 Å². The third-order valence-corrected chi connectivity index (χ3v) is 2.62. The highest BCUT2D eigenvalue weighted by Crippen LogP contribution is 2.28. The third kappa shape index (κ3) is 2.75. The third-order valence-electron chi connectivity index (χ3n) is 2.62. The lowest BCUT2D eigenvalue weighted by Gasteiger charge is -2.10. The van der Waals surface area contributed by atoms with Gasteiger partial charge in [0.1, 0.15) is 12.0 Å². The first-order valence-corrected chi connectivity index (χ1v) is 6.18. The van der Waals surface area contributed by atoms with Gasteiger partial charge in [-0.15, -0.1) is 0 Å². The molecule has 7 nitrogen and oxygen atoms in total. The number of hydrogen-bond donors (Lipinski definition) is 2. The van der Waals surface area contributed by atoms with Crippen molar-refractivity contribution in [2.45, 2.75) is 20.3 Å². The molecule has 3 N–H and O–H groups in total. The number of nitrogen functional groups attached to an aromatic ring is 1. The van der Waals surface area contributed by atoms with Crippen LogP contribution in [0.25, 0.3) is 0 Å².